The van der Waals surface area contributed by atoms with Gasteiger partial charge in [0.1, 0.15) is 28.7 Å². The quantitative estimate of drug-likeness (QED) is 0.109. The summed E-state index contributed by atoms with van der Waals surface area (Å²) in [4.78, 5) is 0.478. The molecule has 0 aliphatic rings. The van der Waals surface area contributed by atoms with Gasteiger partial charge in [-0.3, -0.25) is 0 Å². The number of hydrogen-bond acceptors (Lipinski definition) is 7. The van der Waals surface area contributed by atoms with E-state index < -0.39 is 50.2 Å². The third-order valence-corrected chi connectivity index (χ3v) is 11.9. The Hall–Kier alpha value is -6.15. The molecule has 60 heavy (non-hydrogen) atoms. The Balaban J connectivity index is 0.000000204. The molecule has 318 valence electrons. The molecule has 0 spiro atoms. The van der Waals surface area contributed by atoms with Crippen molar-refractivity contribution < 1.29 is 60.3 Å². The van der Waals surface area contributed by atoms with Gasteiger partial charge in [0.05, 0.1) is 9.79 Å². The minimum absolute atomic E-state index is 0.0963. The lowest BCUT2D eigenvalue weighted by atomic mass is 9.72. The maximum atomic E-state index is 13.9. The zero-order valence-corrected chi connectivity index (χ0v) is 34.4. The van der Waals surface area contributed by atoms with Crippen LogP contribution < -0.4 is 0 Å². The Labute approximate surface area is 344 Å². The molecule has 0 aromatic heterocycles. The summed E-state index contributed by atoms with van der Waals surface area (Å²) in [6, 6.07) is 24.5. The third kappa shape index (κ3) is 9.65. The number of halogens is 6. The molecule has 6 rings (SSSR count). The van der Waals surface area contributed by atoms with Crippen molar-refractivity contribution in [2.75, 3.05) is 0 Å². The molecule has 6 aromatic carbocycles. The van der Waals surface area contributed by atoms with Gasteiger partial charge in [-0.25, -0.2) is 8.42 Å². The van der Waals surface area contributed by atoms with Crippen LogP contribution >= 0.6 is 0 Å². The van der Waals surface area contributed by atoms with Gasteiger partial charge in [-0.15, -0.1) is 0 Å². The van der Waals surface area contributed by atoms with Gasteiger partial charge in [0, 0.05) is 0 Å². The van der Waals surface area contributed by atoms with Gasteiger partial charge in [0.2, 0.25) is 15.3 Å². The first-order valence-electron chi connectivity index (χ1n) is 18.2. The van der Waals surface area contributed by atoms with Crippen LogP contribution in [0.1, 0.15) is 50.1 Å². The predicted molar refractivity (Wildman–Crippen MR) is 217 cm³/mol. The van der Waals surface area contributed by atoms with E-state index in [1.54, 1.807) is 37.3 Å². The zero-order valence-electron chi connectivity index (χ0n) is 33.6. The van der Waals surface area contributed by atoms with Gasteiger partial charge < -0.3 is 25.5 Å². The number of phenolic OH excluding ortho intramolecular Hbond substituents is 5. The molecule has 0 heterocycles. The number of rotatable bonds is 5. The third-order valence-electron chi connectivity index (χ3n) is 10.1. The smallest absolute Gasteiger partial charge is 0.411 e. The van der Waals surface area contributed by atoms with Crippen molar-refractivity contribution in [3.8, 4) is 39.9 Å². The first-order chi connectivity index (χ1) is 27.7. The average Bonchev–Trinajstić information content (AvgIpc) is 3.15. The van der Waals surface area contributed by atoms with Crippen molar-refractivity contribution in [1.82, 2.24) is 0 Å². The second-order valence-electron chi connectivity index (χ2n) is 14.4. The average molecular weight is 855 g/mol. The molecule has 0 aliphatic carbocycles. The number of aromatic hydroxyl groups is 5. The van der Waals surface area contributed by atoms with Crippen LogP contribution in [0.15, 0.2) is 119 Å². The Morgan fingerprint density at radius 1 is 0.367 bits per heavy atom. The molecular weight excluding hydrogens is 811 g/mol. The summed E-state index contributed by atoms with van der Waals surface area (Å²) in [5.41, 5.74) is -0.617. The van der Waals surface area contributed by atoms with E-state index in [1.165, 1.54) is 32.0 Å². The van der Waals surface area contributed by atoms with Crippen LogP contribution in [-0.2, 0) is 15.3 Å². The van der Waals surface area contributed by atoms with Crippen molar-refractivity contribution in [1.29, 1.82) is 0 Å². The summed E-state index contributed by atoms with van der Waals surface area (Å²) < 4.78 is 108. The van der Waals surface area contributed by atoms with Gasteiger partial charge >= 0.3 is 12.4 Å². The first kappa shape index (κ1) is 46.5. The predicted octanol–water partition coefficient (Wildman–Crippen LogP) is 11.7. The Morgan fingerprint density at radius 3 is 1.03 bits per heavy atom. The summed E-state index contributed by atoms with van der Waals surface area (Å²) in [5, 5.41) is 47.7. The first-order valence-corrected chi connectivity index (χ1v) is 19.7. The zero-order chi connectivity index (χ0) is 45.1. The van der Waals surface area contributed by atoms with Gasteiger partial charge in [0.25, 0.3) is 0 Å². The van der Waals surface area contributed by atoms with E-state index in [-0.39, 0.29) is 38.2 Å². The van der Waals surface area contributed by atoms with E-state index in [4.69, 9.17) is 0 Å². The van der Waals surface area contributed by atoms with Crippen molar-refractivity contribution in [2.45, 2.75) is 76.0 Å². The lowest BCUT2D eigenvalue weighted by molar-refractivity contribution is -0.288. The van der Waals surface area contributed by atoms with Crippen molar-refractivity contribution in [2.24, 2.45) is 0 Å². The topological polar surface area (TPSA) is 135 Å². The second-order valence-corrected chi connectivity index (χ2v) is 16.4. The fourth-order valence-corrected chi connectivity index (χ4v) is 7.58. The Kier molecular flexibility index (Phi) is 13.7. The maximum absolute atomic E-state index is 13.9. The minimum atomic E-state index is -5.71. The van der Waals surface area contributed by atoms with Crippen molar-refractivity contribution >= 4 is 9.84 Å². The molecule has 7 nitrogen and oxygen atoms in total. The number of hydrogen-bond donors (Lipinski definition) is 5. The van der Waals surface area contributed by atoms with Crippen LogP contribution in [0.3, 0.4) is 0 Å². The SMILES string of the molecule is Cc1cc(C(c2ccc(O)c(C)c2)(C(F)(F)F)C(F)(F)F)ccc1O.Cc1ccc(-c2ccc(C)c(O)c2)cc1O.Cc1ccc(S(=O)(=O)c2ccc(O)c(C)c2)cc1C. The molecule has 0 amide bonds. The molecule has 0 bridgehead atoms. The van der Waals surface area contributed by atoms with Gasteiger partial charge in [0.15, 0.2) is 0 Å². The molecule has 6 aromatic rings. The van der Waals surface area contributed by atoms with Crippen LogP contribution in [0.4, 0.5) is 26.3 Å². The van der Waals surface area contributed by atoms with Crippen molar-refractivity contribution in [3.05, 3.63) is 159 Å². The van der Waals surface area contributed by atoms with Gasteiger partial charge in [-0.05, 0) is 164 Å². The molecule has 0 unspecified atom stereocenters. The summed E-state index contributed by atoms with van der Waals surface area (Å²) >= 11 is 0. The van der Waals surface area contributed by atoms with Gasteiger partial charge in [-0.1, -0.05) is 54.6 Å². The maximum Gasteiger partial charge on any atom is 0.411 e. The van der Waals surface area contributed by atoms with E-state index in [2.05, 4.69) is 0 Å². The van der Waals surface area contributed by atoms with E-state index in [9.17, 15) is 60.3 Å². The number of sulfone groups is 1. The highest BCUT2D eigenvalue weighted by atomic mass is 32.2. The molecule has 0 atom stereocenters. The standard InChI is InChI=1S/C17H14F6O2.C15H16O3S.C14H14O2/c1-9-7-11(3-5-13(9)24)15(16(18,19)20,17(21,22)23)12-4-6-14(25)10(2)8-12;1-10-4-5-13(8-11(10)2)19(17,18)14-6-7-15(16)12(3)9-14;1-9-3-5-11(7-13(9)15)12-6-4-10(2)14(16)8-12/h3-8,24-25H,1-2H3;4-9,16H,1-3H3;3-8,15-16H,1-2H3. The number of aryl methyl sites for hydroxylation is 7. The monoisotopic (exact) mass is 854 g/mol. The fraction of sp³-hybridized carbons (Fsp3) is 0.217. The molecule has 0 saturated carbocycles. The second kappa shape index (κ2) is 17.6. The van der Waals surface area contributed by atoms with E-state index in [0.29, 0.717) is 29.8 Å². The van der Waals surface area contributed by atoms with Crippen LogP contribution in [0.25, 0.3) is 11.1 Å². The number of benzene rings is 6. The summed E-state index contributed by atoms with van der Waals surface area (Å²) in [5.74, 6) is -0.179. The lowest BCUT2D eigenvalue weighted by Gasteiger charge is -2.38. The molecule has 0 saturated heterocycles. The molecule has 0 fully saturated rings. The molecule has 14 heteroatoms. The van der Waals surface area contributed by atoms with Crippen LogP contribution in [0.2, 0.25) is 0 Å². The van der Waals surface area contributed by atoms with Gasteiger partial charge in [-0.2, -0.15) is 26.3 Å². The normalized spacial score (nSPS) is 11.9. The summed E-state index contributed by atoms with van der Waals surface area (Å²) in [7, 11) is -3.53. The van der Waals surface area contributed by atoms with Crippen LogP contribution in [0, 0.1) is 48.5 Å². The summed E-state index contributed by atoms with van der Waals surface area (Å²) in [6.07, 6.45) is -11.4. The molecule has 0 radical (unpaired) electrons. The fourth-order valence-electron chi connectivity index (χ4n) is 6.15. The Bertz CT molecular complexity index is 2460. The highest BCUT2D eigenvalue weighted by Gasteiger charge is 2.72. The molecular formula is C46H44F6O7S. The van der Waals surface area contributed by atoms with E-state index >= 15 is 0 Å². The summed E-state index contributed by atoms with van der Waals surface area (Å²) in [6.45, 7) is 11.6. The number of alkyl halides is 6. The molecule has 0 aliphatic heterocycles. The highest BCUT2D eigenvalue weighted by Crippen LogP contribution is 2.57. The Morgan fingerprint density at radius 2 is 0.700 bits per heavy atom. The van der Waals surface area contributed by atoms with E-state index in [1.807, 2.05) is 52.0 Å². The van der Waals surface area contributed by atoms with Crippen molar-refractivity contribution in [3.63, 3.8) is 0 Å². The lowest BCUT2D eigenvalue weighted by Crippen LogP contribution is -2.54. The molecule has 5 N–H and O–H groups in total. The van der Waals surface area contributed by atoms with Crippen LogP contribution in [0.5, 0.6) is 28.7 Å². The largest absolute Gasteiger partial charge is 0.508 e. The van der Waals surface area contributed by atoms with E-state index in [0.717, 1.165) is 45.5 Å². The minimum Gasteiger partial charge on any atom is -0.508 e. The highest BCUT2D eigenvalue weighted by molar-refractivity contribution is 7.91. The van der Waals surface area contributed by atoms with Crippen LogP contribution in [-0.4, -0.2) is 46.3 Å². The number of phenols is 5.